The minimum atomic E-state index is -0.225. The molecule has 0 aromatic carbocycles. The maximum atomic E-state index is 11.5. The number of carbonyl (C=O) groups excluding carboxylic acids is 2. The van der Waals surface area contributed by atoms with E-state index in [-0.39, 0.29) is 23.1 Å². The van der Waals surface area contributed by atoms with Crippen LogP contribution in [0.3, 0.4) is 0 Å². The molecule has 0 bridgehead atoms. The molecule has 130 valence electrons. The summed E-state index contributed by atoms with van der Waals surface area (Å²) in [7, 11) is 0. The number of thiol groups is 1. The van der Waals surface area contributed by atoms with Crippen molar-refractivity contribution in [2.75, 3.05) is 5.75 Å². The Morgan fingerprint density at radius 3 is 1.96 bits per heavy atom. The summed E-state index contributed by atoms with van der Waals surface area (Å²) in [6, 6.07) is 0. The van der Waals surface area contributed by atoms with Gasteiger partial charge in [-0.2, -0.15) is 0 Å². The molecule has 0 aromatic heterocycles. The first-order chi connectivity index (χ1) is 10.8. The van der Waals surface area contributed by atoms with Gasteiger partial charge in [-0.1, -0.05) is 46.7 Å². The summed E-state index contributed by atoms with van der Waals surface area (Å²) < 4.78 is 0. The highest BCUT2D eigenvalue weighted by Crippen LogP contribution is 2.14. The lowest BCUT2D eigenvalue weighted by Crippen LogP contribution is -1.96. The van der Waals surface area contributed by atoms with E-state index in [1.807, 2.05) is 0 Å². The third kappa shape index (κ3) is 15.9. The molecular weight excluding hydrogens is 324 g/mol. The van der Waals surface area contributed by atoms with E-state index in [2.05, 4.69) is 58.6 Å². The fourth-order valence-electron chi connectivity index (χ4n) is 1.90. The van der Waals surface area contributed by atoms with Crippen LogP contribution in [0, 0.1) is 0 Å². The van der Waals surface area contributed by atoms with Crippen LogP contribution in [0.4, 0.5) is 0 Å². The van der Waals surface area contributed by atoms with Gasteiger partial charge in [0.2, 0.25) is 0 Å². The van der Waals surface area contributed by atoms with Gasteiger partial charge in [-0.05, 0) is 53.4 Å². The summed E-state index contributed by atoms with van der Waals surface area (Å²) in [5, 5.41) is -0.163. The molecule has 0 aliphatic rings. The van der Waals surface area contributed by atoms with Crippen molar-refractivity contribution < 1.29 is 9.59 Å². The van der Waals surface area contributed by atoms with Crippen LogP contribution >= 0.6 is 24.4 Å². The van der Waals surface area contributed by atoms with E-state index in [4.69, 9.17) is 0 Å². The highest BCUT2D eigenvalue weighted by atomic mass is 32.2. The van der Waals surface area contributed by atoms with Gasteiger partial charge in [0.1, 0.15) is 0 Å². The molecular formula is C19H30O2S2. The van der Waals surface area contributed by atoms with Crippen LogP contribution in [0.1, 0.15) is 66.2 Å². The summed E-state index contributed by atoms with van der Waals surface area (Å²) in [6.45, 7) is 8.56. The van der Waals surface area contributed by atoms with E-state index in [0.29, 0.717) is 5.75 Å². The average molecular weight is 355 g/mol. The van der Waals surface area contributed by atoms with Crippen molar-refractivity contribution in [3.8, 4) is 0 Å². The van der Waals surface area contributed by atoms with Crippen molar-refractivity contribution in [3.63, 3.8) is 0 Å². The predicted molar refractivity (Wildman–Crippen MR) is 106 cm³/mol. The van der Waals surface area contributed by atoms with Crippen molar-refractivity contribution in [2.45, 2.75) is 66.2 Å². The molecule has 0 saturated carbocycles. The topological polar surface area (TPSA) is 34.1 Å². The molecule has 4 heteroatoms. The van der Waals surface area contributed by atoms with Gasteiger partial charge < -0.3 is 0 Å². The van der Waals surface area contributed by atoms with Gasteiger partial charge in [0.05, 0.1) is 0 Å². The van der Waals surface area contributed by atoms with E-state index >= 15 is 0 Å². The van der Waals surface area contributed by atoms with Crippen molar-refractivity contribution >= 4 is 34.6 Å². The van der Waals surface area contributed by atoms with Crippen LogP contribution in [0.2, 0.25) is 0 Å². The normalized spacial score (nSPS) is 12.2. The van der Waals surface area contributed by atoms with Crippen LogP contribution in [0.25, 0.3) is 0 Å². The quantitative estimate of drug-likeness (QED) is 0.370. The first-order valence-electron chi connectivity index (χ1n) is 8.13. The van der Waals surface area contributed by atoms with E-state index in [0.717, 1.165) is 25.7 Å². The molecule has 2 nitrogen and oxygen atoms in total. The minimum Gasteiger partial charge on any atom is -0.287 e. The monoisotopic (exact) mass is 354 g/mol. The maximum absolute atomic E-state index is 11.5. The fourth-order valence-corrected chi connectivity index (χ4v) is 2.81. The van der Waals surface area contributed by atoms with Gasteiger partial charge >= 0.3 is 0 Å². The van der Waals surface area contributed by atoms with Crippen molar-refractivity contribution in [1.29, 1.82) is 0 Å². The van der Waals surface area contributed by atoms with Gasteiger partial charge in [-0.15, -0.1) is 12.6 Å². The molecule has 0 spiro atoms. The molecule has 0 aliphatic carbocycles. The summed E-state index contributed by atoms with van der Waals surface area (Å²) in [4.78, 5) is 22.2. The highest BCUT2D eigenvalue weighted by molar-refractivity contribution is 8.13. The Kier molecular flexibility index (Phi) is 13.2. The fraction of sp³-hybridized carbons (Fsp3) is 0.579. The first kappa shape index (κ1) is 22.3. The molecule has 0 aliphatic heterocycles. The zero-order chi connectivity index (χ0) is 17.7. The second kappa shape index (κ2) is 13.7. The molecule has 23 heavy (non-hydrogen) atoms. The summed E-state index contributed by atoms with van der Waals surface area (Å²) in [5.41, 5.74) is 4.13. The lowest BCUT2D eigenvalue weighted by Gasteiger charge is -2.02. The number of hydrogen-bond acceptors (Lipinski definition) is 3. The molecule has 0 N–H and O–H groups in total. The summed E-state index contributed by atoms with van der Waals surface area (Å²) >= 11 is 4.94. The van der Waals surface area contributed by atoms with Crippen LogP contribution in [0.15, 0.2) is 34.9 Å². The number of carbonyl (C=O) groups is 2. The van der Waals surface area contributed by atoms with Crippen molar-refractivity contribution in [1.82, 2.24) is 0 Å². The second-order valence-corrected chi connectivity index (χ2v) is 7.61. The van der Waals surface area contributed by atoms with Crippen LogP contribution < -0.4 is 0 Å². The van der Waals surface area contributed by atoms with Gasteiger partial charge in [-0.25, -0.2) is 0 Å². The number of rotatable bonds is 11. The van der Waals surface area contributed by atoms with Crippen LogP contribution in [-0.2, 0) is 9.59 Å². The number of hydrogen-bond donors (Lipinski definition) is 1. The van der Waals surface area contributed by atoms with E-state index in [1.54, 1.807) is 0 Å². The Morgan fingerprint density at radius 1 is 0.826 bits per heavy atom. The van der Waals surface area contributed by atoms with E-state index in [9.17, 15) is 9.59 Å². The lowest BCUT2D eigenvalue weighted by atomic mass is 10.1. The Labute approximate surface area is 151 Å². The second-order valence-electron chi connectivity index (χ2n) is 6.04. The molecule has 0 saturated heterocycles. The standard InChI is InChI=1S/C19H30O2S2/c1-15(2)7-5-8-16(3)9-6-10-17(4)13-14-23-19(21)12-11-18(20)22/h7,9,13H,5-6,8,10-12,14H2,1-4H3,(H,20,22). The first-order valence-corrected chi connectivity index (χ1v) is 9.56. The zero-order valence-electron chi connectivity index (χ0n) is 14.9. The molecule has 0 heterocycles. The third-order valence-electron chi connectivity index (χ3n) is 3.34. The van der Waals surface area contributed by atoms with Gasteiger partial charge in [0.25, 0.3) is 0 Å². The smallest absolute Gasteiger partial charge is 0.189 e. The molecule has 0 amide bonds. The van der Waals surface area contributed by atoms with Crippen molar-refractivity contribution in [2.24, 2.45) is 0 Å². The van der Waals surface area contributed by atoms with Crippen molar-refractivity contribution in [3.05, 3.63) is 34.9 Å². The summed E-state index contributed by atoms with van der Waals surface area (Å²) in [6.07, 6.45) is 11.5. The maximum Gasteiger partial charge on any atom is 0.189 e. The molecule has 0 aromatic rings. The lowest BCUT2D eigenvalue weighted by molar-refractivity contribution is -0.115. The Bertz CT molecular complexity index is 470. The van der Waals surface area contributed by atoms with Gasteiger partial charge in [-0.3, -0.25) is 9.59 Å². The largest absolute Gasteiger partial charge is 0.287 e. The predicted octanol–water partition coefficient (Wildman–Crippen LogP) is 5.90. The van der Waals surface area contributed by atoms with E-state index < -0.39 is 0 Å². The highest BCUT2D eigenvalue weighted by Gasteiger charge is 2.04. The van der Waals surface area contributed by atoms with E-state index in [1.165, 1.54) is 28.5 Å². The average Bonchev–Trinajstić information content (AvgIpc) is 2.44. The molecule has 0 rings (SSSR count). The van der Waals surface area contributed by atoms with Gasteiger partial charge in [0, 0.05) is 18.6 Å². The Balaban J connectivity index is 3.91. The molecule has 0 radical (unpaired) electrons. The molecule has 0 fully saturated rings. The Morgan fingerprint density at radius 2 is 1.39 bits per heavy atom. The van der Waals surface area contributed by atoms with Crippen LogP contribution in [-0.4, -0.2) is 16.0 Å². The van der Waals surface area contributed by atoms with Crippen LogP contribution in [0.5, 0.6) is 0 Å². The third-order valence-corrected chi connectivity index (χ3v) is 4.42. The molecule has 0 unspecified atom stereocenters. The zero-order valence-corrected chi connectivity index (χ0v) is 16.6. The number of allylic oxidation sites excluding steroid dienone is 5. The Hall–Kier alpha value is -0.740. The summed E-state index contributed by atoms with van der Waals surface area (Å²) in [5.74, 6) is 0.689. The molecule has 0 atom stereocenters. The van der Waals surface area contributed by atoms with Gasteiger partial charge in [0.15, 0.2) is 10.2 Å². The minimum absolute atomic E-state index is 0.0615. The number of thioether (sulfide) groups is 1. The SMILES string of the molecule is CC(C)=CCCC(C)=CCCC(C)=CCSC(=O)CCC(=O)S.